The normalized spacial score (nSPS) is 24.2. The number of carbonyl (C=O) groups excluding carboxylic acids is 4. The predicted octanol–water partition coefficient (Wildman–Crippen LogP) is 3.02. The predicted molar refractivity (Wildman–Crippen MR) is 147 cm³/mol. The van der Waals surface area contributed by atoms with E-state index in [0.717, 1.165) is 31.2 Å². The minimum atomic E-state index is -1.02. The van der Waals surface area contributed by atoms with Crippen LogP contribution in [0.3, 0.4) is 0 Å². The number of nitrogens with zero attached hydrogens (tertiary/aromatic N) is 2. The van der Waals surface area contributed by atoms with Gasteiger partial charge in [0.15, 0.2) is 0 Å². The third kappa shape index (κ3) is 5.41. The molecule has 2 aromatic carbocycles. The number of benzene rings is 2. The van der Waals surface area contributed by atoms with E-state index in [1.54, 1.807) is 0 Å². The number of nitriles is 1. The fourth-order valence-corrected chi connectivity index (χ4v) is 6.13. The molecule has 2 aliphatic heterocycles. The number of amides is 4. The molecule has 9 nitrogen and oxygen atoms in total. The van der Waals surface area contributed by atoms with E-state index < -0.39 is 41.2 Å². The molecule has 0 aromatic heterocycles. The van der Waals surface area contributed by atoms with Crippen LogP contribution in [0.2, 0.25) is 0 Å². The summed E-state index contributed by atoms with van der Waals surface area (Å²) in [6.45, 7) is 0.0523. The standard InChI is InChI=1S/C31H32FN5O4/c32-21-11-9-20(10-12-21)27(38)34-25(13-18-5-6-18)28(39)35-26(14-19-7-8-19)29(40)37-17-31(15-22(37)16-33)23-3-1-2-4-24(23)36-30(31)41/h1-4,9-12,18-19,22,25-26H,5-8,13-15,17H2,(H,34,38)(H,35,39)(H,36,41)/t22-,25-,26-,31-/m0/s1. The van der Waals surface area contributed by atoms with Gasteiger partial charge < -0.3 is 20.9 Å². The molecule has 0 radical (unpaired) electrons. The van der Waals surface area contributed by atoms with Crippen LogP contribution in [-0.4, -0.2) is 53.2 Å². The lowest BCUT2D eigenvalue weighted by Crippen LogP contribution is -2.55. The van der Waals surface area contributed by atoms with Crippen molar-refractivity contribution >= 4 is 29.3 Å². The summed E-state index contributed by atoms with van der Waals surface area (Å²) in [7, 11) is 0. The molecule has 1 spiro atoms. The van der Waals surface area contributed by atoms with Gasteiger partial charge in [0.05, 0.1) is 11.5 Å². The lowest BCUT2D eigenvalue weighted by atomic mass is 9.80. The molecule has 4 atom stereocenters. The van der Waals surface area contributed by atoms with E-state index in [1.807, 2.05) is 24.3 Å². The second-order valence-electron chi connectivity index (χ2n) is 11.8. The maximum absolute atomic E-state index is 14.0. The number of carbonyl (C=O) groups is 4. The topological polar surface area (TPSA) is 131 Å². The highest BCUT2D eigenvalue weighted by Gasteiger charge is 2.56. The fraction of sp³-hybridized carbons (Fsp3) is 0.452. The molecular weight excluding hydrogens is 525 g/mol. The van der Waals surface area contributed by atoms with Gasteiger partial charge in [0, 0.05) is 24.2 Å². The Morgan fingerprint density at radius 3 is 2.32 bits per heavy atom. The number of nitrogens with one attached hydrogen (secondary N) is 3. The van der Waals surface area contributed by atoms with E-state index in [9.17, 15) is 28.8 Å². The van der Waals surface area contributed by atoms with Crippen molar-refractivity contribution in [2.45, 2.75) is 68.5 Å². The highest BCUT2D eigenvalue weighted by atomic mass is 19.1. The van der Waals surface area contributed by atoms with Crippen LogP contribution >= 0.6 is 0 Å². The van der Waals surface area contributed by atoms with E-state index in [0.29, 0.717) is 24.4 Å². The van der Waals surface area contributed by atoms with Gasteiger partial charge in [-0.25, -0.2) is 4.39 Å². The van der Waals surface area contributed by atoms with Crippen LogP contribution in [0.5, 0.6) is 0 Å². The van der Waals surface area contributed by atoms with Crippen molar-refractivity contribution in [2.24, 2.45) is 11.8 Å². The molecule has 2 saturated carbocycles. The number of rotatable bonds is 9. The average molecular weight is 558 g/mol. The Morgan fingerprint density at radius 2 is 1.66 bits per heavy atom. The summed E-state index contributed by atoms with van der Waals surface area (Å²) < 4.78 is 13.3. The van der Waals surface area contributed by atoms with Crippen molar-refractivity contribution in [3.8, 4) is 6.07 Å². The van der Waals surface area contributed by atoms with Crippen molar-refractivity contribution in [3.05, 3.63) is 65.5 Å². The molecule has 2 aromatic rings. The Hall–Kier alpha value is -4.26. The Bertz CT molecular complexity index is 1430. The largest absolute Gasteiger partial charge is 0.343 e. The van der Waals surface area contributed by atoms with Gasteiger partial charge >= 0.3 is 0 Å². The van der Waals surface area contributed by atoms with Crippen LogP contribution < -0.4 is 16.0 Å². The summed E-state index contributed by atoms with van der Waals surface area (Å²) in [5.41, 5.74) is 0.681. The van der Waals surface area contributed by atoms with E-state index in [2.05, 4.69) is 22.0 Å². The van der Waals surface area contributed by atoms with Gasteiger partial charge in [0.1, 0.15) is 23.9 Å². The van der Waals surface area contributed by atoms with Gasteiger partial charge in [-0.2, -0.15) is 5.26 Å². The number of hydrogen-bond acceptors (Lipinski definition) is 5. The van der Waals surface area contributed by atoms with Gasteiger partial charge in [-0.3, -0.25) is 19.2 Å². The van der Waals surface area contributed by atoms with Gasteiger partial charge in [-0.05, 0) is 60.6 Å². The van der Waals surface area contributed by atoms with Crippen molar-refractivity contribution in [1.82, 2.24) is 15.5 Å². The number of fused-ring (bicyclic) bond motifs is 2. The Labute approximate surface area is 237 Å². The maximum atomic E-state index is 14.0. The molecule has 10 heteroatoms. The molecule has 0 unspecified atom stereocenters. The van der Waals surface area contributed by atoms with Crippen molar-refractivity contribution in [3.63, 3.8) is 0 Å². The van der Waals surface area contributed by atoms with Crippen LogP contribution in [-0.2, 0) is 19.8 Å². The molecule has 212 valence electrons. The molecule has 2 heterocycles. The molecule has 2 aliphatic carbocycles. The SMILES string of the molecule is N#C[C@@H]1C[C@@]2(CN1C(=O)[C@H](CC1CC1)NC(=O)[C@H](CC1CC1)NC(=O)c1ccc(F)cc1)C(=O)Nc1ccccc12. The van der Waals surface area contributed by atoms with Gasteiger partial charge in [0.25, 0.3) is 5.91 Å². The second-order valence-corrected chi connectivity index (χ2v) is 11.8. The number of likely N-dealkylation sites (tertiary alicyclic amines) is 1. The minimum Gasteiger partial charge on any atom is -0.343 e. The molecule has 41 heavy (non-hydrogen) atoms. The lowest BCUT2D eigenvalue weighted by molar-refractivity contribution is -0.137. The summed E-state index contributed by atoms with van der Waals surface area (Å²) in [5.74, 6) is -1.45. The van der Waals surface area contributed by atoms with Crippen LogP contribution in [0.25, 0.3) is 0 Å². The monoisotopic (exact) mass is 557 g/mol. The Kier molecular flexibility index (Phi) is 6.98. The van der Waals surface area contributed by atoms with Crippen molar-refractivity contribution in [2.75, 3.05) is 11.9 Å². The average Bonchev–Trinajstić information content (AvgIpc) is 3.90. The first-order valence-electron chi connectivity index (χ1n) is 14.3. The Balaban J connectivity index is 1.21. The van der Waals surface area contributed by atoms with Crippen LogP contribution in [0.4, 0.5) is 10.1 Å². The number of para-hydroxylation sites is 1. The maximum Gasteiger partial charge on any atom is 0.251 e. The van der Waals surface area contributed by atoms with Crippen molar-refractivity contribution in [1.29, 1.82) is 5.26 Å². The lowest BCUT2D eigenvalue weighted by Gasteiger charge is -2.29. The summed E-state index contributed by atoms with van der Waals surface area (Å²) in [6, 6.07) is 12.1. The Morgan fingerprint density at radius 1 is 1.00 bits per heavy atom. The summed E-state index contributed by atoms with van der Waals surface area (Å²) in [6.07, 6.45) is 4.88. The second kappa shape index (κ2) is 10.6. The molecule has 4 amide bonds. The first-order chi connectivity index (χ1) is 19.8. The molecule has 0 bridgehead atoms. The highest BCUT2D eigenvalue weighted by Crippen LogP contribution is 2.46. The number of halogens is 1. The zero-order chi connectivity index (χ0) is 28.7. The molecule has 3 fully saturated rings. The summed E-state index contributed by atoms with van der Waals surface area (Å²) >= 11 is 0. The molecule has 6 rings (SSSR count). The number of anilines is 1. The van der Waals surface area contributed by atoms with Crippen LogP contribution in [0.15, 0.2) is 48.5 Å². The van der Waals surface area contributed by atoms with Crippen molar-refractivity contribution < 1.29 is 23.6 Å². The minimum absolute atomic E-state index is 0.0523. The fourth-order valence-electron chi connectivity index (χ4n) is 6.13. The van der Waals surface area contributed by atoms with Crippen LogP contribution in [0.1, 0.15) is 60.9 Å². The van der Waals surface area contributed by atoms with Gasteiger partial charge in [-0.15, -0.1) is 0 Å². The first-order valence-corrected chi connectivity index (χ1v) is 14.3. The zero-order valence-electron chi connectivity index (χ0n) is 22.6. The zero-order valence-corrected chi connectivity index (χ0v) is 22.6. The molecule has 3 N–H and O–H groups in total. The van der Waals surface area contributed by atoms with E-state index in [4.69, 9.17) is 0 Å². The van der Waals surface area contributed by atoms with E-state index in [-0.39, 0.29) is 36.3 Å². The van der Waals surface area contributed by atoms with Gasteiger partial charge in [0.2, 0.25) is 17.7 Å². The van der Waals surface area contributed by atoms with Crippen LogP contribution in [0, 0.1) is 29.0 Å². The third-order valence-corrected chi connectivity index (χ3v) is 8.79. The molecular formula is C31H32FN5O4. The van der Waals surface area contributed by atoms with E-state index in [1.165, 1.54) is 29.2 Å². The highest BCUT2D eigenvalue weighted by molar-refractivity contribution is 6.07. The molecule has 1 saturated heterocycles. The van der Waals surface area contributed by atoms with E-state index >= 15 is 0 Å². The quantitative estimate of drug-likeness (QED) is 0.436. The third-order valence-electron chi connectivity index (χ3n) is 8.79. The smallest absolute Gasteiger partial charge is 0.251 e. The first kappa shape index (κ1) is 26.9. The summed E-state index contributed by atoms with van der Waals surface area (Å²) in [4.78, 5) is 55.1. The van der Waals surface area contributed by atoms with Gasteiger partial charge in [-0.1, -0.05) is 43.9 Å². The summed E-state index contributed by atoms with van der Waals surface area (Å²) in [5, 5.41) is 18.6. The molecule has 4 aliphatic rings. The number of hydrogen-bond donors (Lipinski definition) is 3.